The number of benzene rings is 2. The number of furan rings is 1. The summed E-state index contributed by atoms with van der Waals surface area (Å²) in [6, 6.07) is 20.3. The van der Waals surface area contributed by atoms with Gasteiger partial charge in [0.1, 0.15) is 5.82 Å². The van der Waals surface area contributed by atoms with Crippen LogP contribution in [0.15, 0.2) is 71.3 Å². The number of carbonyl (C=O) groups excluding carboxylic acids is 1. The maximum atomic E-state index is 11.9. The third-order valence-electron chi connectivity index (χ3n) is 5.43. The van der Waals surface area contributed by atoms with Crippen LogP contribution in [0.25, 0.3) is 11.0 Å². The highest BCUT2D eigenvalue weighted by Crippen LogP contribution is 2.20. The van der Waals surface area contributed by atoms with Crippen molar-refractivity contribution in [2.24, 2.45) is 0 Å². The first-order valence-corrected chi connectivity index (χ1v) is 10.5. The number of rotatable bonds is 9. The SMILES string of the molecule is Cc1ccccc1Cn1c(CCCCCNC(=O)c2ccco2)nc2ccccc21. The summed E-state index contributed by atoms with van der Waals surface area (Å²) in [7, 11) is 0. The minimum absolute atomic E-state index is 0.153. The van der Waals surface area contributed by atoms with Gasteiger partial charge in [0, 0.05) is 19.5 Å². The van der Waals surface area contributed by atoms with E-state index in [-0.39, 0.29) is 5.91 Å². The molecule has 30 heavy (non-hydrogen) atoms. The van der Waals surface area contributed by atoms with Gasteiger partial charge in [-0.25, -0.2) is 4.98 Å². The number of para-hydroxylation sites is 2. The molecular weight excluding hydrogens is 374 g/mol. The molecule has 4 aromatic rings. The summed E-state index contributed by atoms with van der Waals surface area (Å²) in [6.45, 7) is 3.64. The molecule has 0 radical (unpaired) electrons. The van der Waals surface area contributed by atoms with E-state index in [0.29, 0.717) is 12.3 Å². The van der Waals surface area contributed by atoms with Crippen LogP contribution in [0, 0.1) is 6.92 Å². The zero-order valence-corrected chi connectivity index (χ0v) is 17.3. The Morgan fingerprint density at radius 2 is 1.83 bits per heavy atom. The van der Waals surface area contributed by atoms with E-state index in [1.807, 2.05) is 6.07 Å². The van der Waals surface area contributed by atoms with Crippen molar-refractivity contribution >= 4 is 16.9 Å². The minimum atomic E-state index is -0.153. The number of aromatic nitrogens is 2. The van der Waals surface area contributed by atoms with Gasteiger partial charge in [-0.05, 0) is 55.2 Å². The van der Waals surface area contributed by atoms with Crippen molar-refractivity contribution in [3.05, 3.63) is 89.6 Å². The smallest absolute Gasteiger partial charge is 0.286 e. The Kier molecular flexibility index (Phi) is 6.28. The number of amides is 1. The van der Waals surface area contributed by atoms with Crippen molar-refractivity contribution in [3.8, 4) is 0 Å². The van der Waals surface area contributed by atoms with Gasteiger partial charge in [0.05, 0.1) is 17.3 Å². The normalized spacial score (nSPS) is 11.1. The number of imidazole rings is 1. The zero-order valence-electron chi connectivity index (χ0n) is 17.3. The second kappa shape index (κ2) is 9.44. The molecule has 154 valence electrons. The number of aryl methyl sites for hydroxylation is 2. The van der Waals surface area contributed by atoms with Crippen LogP contribution in [0.5, 0.6) is 0 Å². The number of fused-ring (bicyclic) bond motifs is 1. The van der Waals surface area contributed by atoms with E-state index >= 15 is 0 Å². The lowest BCUT2D eigenvalue weighted by Crippen LogP contribution is -2.23. The topological polar surface area (TPSA) is 60.1 Å². The van der Waals surface area contributed by atoms with Gasteiger partial charge in [-0.15, -0.1) is 0 Å². The number of hydrogen-bond acceptors (Lipinski definition) is 3. The molecule has 1 amide bonds. The Hall–Kier alpha value is -3.34. The molecule has 0 aliphatic heterocycles. The number of nitrogens with one attached hydrogen (secondary N) is 1. The Bertz CT molecular complexity index is 1110. The molecule has 0 fully saturated rings. The first-order valence-electron chi connectivity index (χ1n) is 10.5. The summed E-state index contributed by atoms with van der Waals surface area (Å²) in [5.74, 6) is 1.33. The molecule has 0 bridgehead atoms. The monoisotopic (exact) mass is 401 g/mol. The predicted molar refractivity (Wildman–Crippen MR) is 119 cm³/mol. The molecule has 0 aliphatic rings. The highest BCUT2D eigenvalue weighted by Gasteiger charge is 2.12. The quantitative estimate of drug-likeness (QED) is 0.396. The molecule has 0 unspecified atom stereocenters. The largest absolute Gasteiger partial charge is 0.459 e. The van der Waals surface area contributed by atoms with Gasteiger partial charge < -0.3 is 14.3 Å². The van der Waals surface area contributed by atoms with Gasteiger partial charge in [-0.1, -0.05) is 42.8 Å². The molecule has 1 N–H and O–H groups in total. The molecule has 0 spiro atoms. The van der Waals surface area contributed by atoms with Crippen LogP contribution in [0.4, 0.5) is 0 Å². The number of hydrogen-bond donors (Lipinski definition) is 1. The zero-order chi connectivity index (χ0) is 20.8. The maximum Gasteiger partial charge on any atom is 0.286 e. The third kappa shape index (κ3) is 4.62. The van der Waals surface area contributed by atoms with E-state index in [0.717, 1.165) is 43.6 Å². The fourth-order valence-electron chi connectivity index (χ4n) is 3.73. The van der Waals surface area contributed by atoms with Crippen LogP contribution in [0.3, 0.4) is 0 Å². The summed E-state index contributed by atoms with van der Waals surface area (Å²) in [5, 5.41) is 2.90. The molecule has 5 nitrogen and oxygen atoms in total. The number of carbonyl (C=O) groups is 1. The van der Waals surface area contributed by atoms with Crippen LogP contribution >= 0.6 is 0 Å². The molecular formula is C25H27N3O2. The average Bonchev–Trinajstić information content (AvgIpc) is 3.41. The molecule has 2 aromatic carbocycles. The van der Waals surface area contributed by atoms with Gasteiger partial charge in [-0.2, -0.15) is 0 Å². The van der Waals surface area contributed by atoms with Crippen molar-refractivity contribution in [2.75, 3.05) is 6.54 Å². The summed E-state index contributed by atoms with van der Waals surface area (Å²) in [4.78, 5) is 16.8. The number of unbranched alkanes of at least 4 members (excludes halogenated alkanes) is 2. The second-order valence-corrected chi connectivity index (χ2v) is 7.57. The van der Waals surface area contributed by atoms with Crippen LogP contribution in [-0.4, -0.2) is 22.0 Å². The van der Waals surface area contributed by atoms with Gasteiger partial charge >= 0.3 is 0 Å². The lowest BCUT2D eigenvalue weighted by Gasteiger charge is -2.11. The predicted octanol–water partition coefficient (Wildman–Crippen LogP) is 5.13. The van der Waals surface area contributed by atoms with Crippen LogP contribution < -0.4 is 5.32 Å². The van der Waals surface area contributed by atoms with E-state index in [2.05, 4.69) is 59.3 Å². The van der Waals surface area contributed by atoms with Gasteiger partial charge in [0.2, 0.25) is 0 Å². The molecule has 2 aromatic heterocycles. The Balaban J connectivity index is 1.35. The van der Waals surface area contributed by atoms with E-state index < -0.39 is 0 Å². The highest BCUT2D eigenvalue weighted by molar-refractivity contribution is 5.91. The first kappa shape index (κ1) is 20.0. The maximum absolute atomic E-state index is 11.9. The fourth-order valence-corrected chi connectivity index (χ4v) is 3.73. The van der Waals surface area contributed by atoms with E-state index in [1.54, 1.807) is 12.1 Å². The summed E-state index contributed by atoms with van der Waals surface area (Å²) in [5.41, 5.74) is 4.85. The Morgan fingerprint density at radius 1 is 1.00 bits per heavy atom. The van der Waals surface area contributed by atoms with Crippen molar-refractivity contribution in [2.45, 2.75) is 39.2 Å². The van der Waals surface area contributed by atoms with Crippen molar-refractivity contribution < 1.29 is 9.21 Å². The van der Waals surface area contributed by atoms with Gasteiger partial charge in [0.15, 0.2) is 5.76 Å². The molecule has 0 atom stereocenters. The first-order chi connectivity index (χ1) is 14.7. The van der Waals surface area contributed by atoms with E-state index in [4.69, 9.17) is 9.40 Å². The fraction of sp³-hybridized carbons (Fsp3) is 0.280. The van der Waals surface area contributed by atoms with Crippen LogP contribution in [0.1, 0.15) is 46.8 Å². The highest BCUT2D eigenvalue weighted by atomic mass is 16.3. The average molecular weight is 402 g/mol. The lowest BCUT2D eigenvalue weighted by atomic mass is 10.1. The van der Waals surface area contributed by atoms with Gasteiger partial charge in [0.25, 0.3) is 5.91 Å². The summed E-state index contributed by atoms with van der Waals surface area (Å²) >= 11 is 0. The lowest BCUT2D eigenvalue weighted by molar-refractivity contribution is 0.0925. The molecule has 0 saturated heterocycles. The molecule has 5 heteroatoms. The van der Waals surface area contributed by atoms with Crippen molar-refractivity contribution in [1.29, 1.82) is 0 Å². The van der Waals surface area contributed by atoms with Gasteiger partial charge in [-0.3, -0.25) is 4.79 Å². The second-order valence-electron chi connectivity index (χ2n) is 7.57. The Morgan fingerprint density at radius 3 is 2.67 bits per heavy atom. The van der Waals surface area contributed by atoms with Crippen molar-refractivity contribution in [1.82, 2.24) is 14.9 Å². The standard InChI is InChI=1S/C25H27N3O2/c1-19-10-4-5-11-20(19)18-28-22-13-7-6-12-21(22)27-24(28)15-3-2-8-16-26-25(29)23-14-9-17-30-23/h4-7,9-14,17H,2-3,8,15-16,18H2,1H3,(H,26,29). The summed E-state index contributed by atoms with van der Waals surface area (Å²) in [6.07, 6.45) is 5.44. The third-order valence-corrected chi connectivity index (χ3v) is 5.43. The number of nitrogens with zero attached hydrogens (tertiary/aromatic N) is 2. The Labute approximate surface area is 176 Å². The van der Waals surface area contributed by atoms with Crippen LogP contribution in [0.2, 0.25) is 0 Å². The summed E-state index contributed by atoms with van der Waals surface area (Å²) < 4.78 is 7.45. The molecule has 0 saturated carbocycles. The molecule has 0 aliphatic carbocycles. The van der Waals surface area contributed by atoms with Crippen molar-refractivity contribution in [3.63, 3.8) is 0 Å². The van der Waals surface area contributed by atoms with E-state index in [9.17, 15) is 4.79 Å². The van der Waals surface area contributed by atoms with Crippen LogP contribution in [-0.2, 0) is 13.0 Å². The molecule has 4 rings (SSSR count). The van der Waals surface area contributed by atoms with E-state index in [1.165, 1.54) is 22.9 Å². The molecule has 2 heterocycles. The minimum Gasteiger partial charge on any atom is -0.459 e.